The third-order valence-electron chi connectivity index (χ3n) is 3.25. The maximum absolute atomic E-state index is 5.62. The first-order valence-corrected chi connectivity index (χ1v) is 9.98. The van der Waals surface area contributed by atoms with Gasteiger partial charge in [-0.1, -0.05) is 0 Å². The zero-order valence-corrected chi connectivity index (χ0v) is 16.3. The predicted molar refractivity (Wildman–Crippen MR) is 87.6 cm³/mol. The topological polar surface area (TPSA) is 92.3 Å². The standard InChI is InChI=1S/C13H26O10P2/c1-14-3-5-16-11-22-24-18-7-13(8-19-24)9-20-25(21-10-13)23-12-17-6-4-15-2/h3-12H2,1-2H3. The fourth-order valence-electron chi connectivity index (χ4n) is 1.80. The first-order valence-electron chi connectivity index (χ1n) is 7.79. The minimum absolute atomic E-state index is 0.108. The van der Waals surface area contributed by atoms with Gasteiger partial charge >= 0.3 is 17.2 Å². The van der Waals surface area contributed by atoms with E-state index in [1.54, 1.807) is 14.2 Å². The van der Waals surface area contributed by atoms with Gasteiger partial charge in [0, 0.05) is 14.2 Å². The predicted octanol–water partition coefficient (Wildman–Crippen LogP) is 1.79. The largest absolute Gasteiger partial charge is 0.382 e. The second-order valence-corrected chi connectivity index (χ2v) is 7.78. The van der Waals surface area contributed by atoms with E-state index in [4.69, 9.17) is 46.1 Å². The van der Waals surface area contributed by atoms with E-state index >= 15 is 0 Å². The number of methoxy groups -OCH3 is 2. The monoisotopic (exact) mass is 404 g/mol. The highest BCUT2D eigenvalue weighted by Crippen LogP contribution is 2.52. The lowest BCUT2D eigenvalue weighted by Crippen LogP contribution is -2.44. The summed E-state index contributed by atoms with van der Waals surface area (Å²) >= 11 is 0. The van der Waals surface area contributed by atoms with E-state index in [9.17, 15) is 0 Å². The van der Waals surface area contributed by atoms with Gasteiger partial charge in [-0.3, -0.25) is 9.05 Å². The Morgan fingerprint density at radius 2 is 1.08 bits per heavy atom. The zero-order valence-electron chi connectivity index (χ0n) is 14.5. The van der Waals surface area contributed by atoms with Crippen molar-refractivity contribution >= 4 is 17.2 Å². The van der Waals surface area contributed by atoms with E-state index in [1.165, 1.54) is 0 Å². The Morgan fingerprint density at radius 3 is 1.44 bits per heavy atom. The molecule has 0 atom stereocenters. The molecule has 12 heteroatoms. The van der Waals surface area contributed by atoms with Crippen LogP contribution in [0, 0.1) is 5.41 Å². The van der Waals surface area contributed by atoms with Crippen LogP contribution in [0.1, 0.15) is 0 Å². The minimum atomic E-state index is -1.40. The smallest absolute Gasteiger partial charge is 0.334 e. The number of rotatable bonds is 12. The second-order valence-electron chi connectivity index (χ2n) is 5.34. The summed E-state index contributed by atoms with van der Waals surface area (Å²) in [5, 5.41) is 0. The molecule has 25 heavy (non-hydrogen) atoms. The molecule has 2 heterocycles. The highest BCUT2D eigenvalue weighted by Gasteiger charge is 2.44. The maximum atomic E-state index is 5.62. The van der Waals surface area contributed by atoms with E-state index in [1.807, 2.05) is 0 Å². The molecule has 0 amide bonds. The zero-order chi connectivity index (χ0) is 17.8. The van der Waals surface area contributed by atoms with Crippen molar-refractivity contribution in [3.05, 3.63) is 0 Å². The molecule has 10 nitrogen and oxygen atoms in total. The van der Waals surface area contributed by atoms with Crippen molar-refractivity contribution in [2.75, 3.05) is 80.7 Å². The summed E-state index contributed by atoms with van der Waals surface area (Å²) in [6.45, 7) is 3.91. The minimum Gasteiger partial charge on any atom is -0.382 e. The average Bonchev–Trinajstić information content (AvgIpc) is 2.65. The molecule has 0 radical (unpaired) electrons. The highest BCUT2D eigenvalue weighted by atomic mass is 31.2. The average molecular weight is 404 g/mol. The lowest BCUT2D eigenvalue weighted by atomic mass is 9.93. The van der Waals surface area contributed by atoms with Crippen molar-refractivity contribution in [1.29, 1.82) is 0 Å². The Bertz CT molecular complexity index is 299. The Labute approximate surface area is 150 Å². The molecule has 0 aromatic rings. The number of hydrogen-bond acceptors (Lipinski definition) is 10. The molecule has 0 aromatic heterocycles. The van der Waals surface area contributed by atoms with E-state index < -0.39 is 17.2 Å². The van der Waals surface area contributed by atoms with Gasteiger partial charge in [0.2, 0.25) is 0 Å². The van der Waals surface area contributed by atoms with Crippen molar-refractivity contribution in [3.63, 3.8) is 0 Å². The maximum Gasteiger partial charge on any atom is 0.334 e. The summed E-state index contributed by atoms with van der Waals surface area (Å²) < 4.78 is 53.4. The van der Waals surface area contributed by atoms with Crippen LogP contribution in [0.2, 0.25) is 0 Å². The van der Waals surface area contributed by atoms with Crippen LogP contribution < -0.4 is 0 Å². The number of ether oxygens (including phenoxy) is 4. The van der Waals surface area contributed by atoms with Crippen molar-refractivity contribution in [1.82, 2.24) is 0 Å². The van der Waals surface area contributed by atoms with Gasteiger partial charge in [0.1, 0.15) is 0 Å². The molecule has 0 unspecified atom stereocenters. The van der Waals surface area contributed by atoms with Crippen molar-refractivity contribution < 1.29 is 46.1 Å². The molecule has 0 aromatic carbocycles. The molecule has 2 aliphatic rings. The SMILES string of the molecule is COCCOCOP1OCC2(CO1)COP(OCOCCOC)OC2. The summed E-state index contributed by atoms with van der Waals surface area (Å²) in [6.07, 6.45) is 0. The van der Waals surface area contributed by atoms with Gasteiger partial charge in [0.25, 0.3) is 0 Å². The Hall–Kier alpha value is 0.460. The third kappa shape index (κ3) is 8.34. The van der Waals surface area contributed by atoms with Crippen LogP contribution in [0.25, 0.3) is 0 Å². The lowest BCUT2D eigenvalue weighted by Gasteiger charge is -2.41. The first-order chi connectivity index (χ1) is 12.3. The van der Waals surface area contributed by atoms with E-state index in [0.29, 0.717) is 52.9 Å². The molecule has 1 spiro atoms. The molecule has 0 saturated carbocycles. The van der Waals surface area contributed by atoms with Crippen LogP contribution >= 0.6 is 17.2 Å². The quantitative estimate of drug-likeness (QED) is 0.272. The highest BCUT2D eigenvalue weighted by molar-refractivity contribution is 7.42. The van der Waals surface area contributed by atoms with Crippen molar-refractivity contribution in [2.45, 2.75) is 0 Å². The molecule has 0 N–H and O–H groups in total. The van der Waals surface area contributed by atoms with Crippen molar-refractivity contribution in [2.24, 2.45) is 5.41 Å². The fourth-order valence-corrected chi connectivity index (χ4v) is 4.08. The number of hydrogen-bond donors (Lipinski definition) is 0. The van der Waals surface area contributed by atoms with Crippen LogP contribution in [0.5, 0.6) is 0 Å². The van der Waals surface area contributed by atoms with Gasteiger partial charge < -0.3 is 37.0 Å². The molecule has 2 aliphatic heterocycles. The van der Waals surface area contributed by atoms with Gasteiger partial charge in [-0.25, -0.2) is 0 Å². The molecule has 148 valence electrons. The summed E-state index contributed by atoms with van der Waals surface area (Å²) in [4.78, 5) is 0. The normalized spacial score (nSPS) is 30.0. The Morgan fingerprint density at radius 1 is 0.680 bits per heavy atom. The van der Waals surface area contributed by atoms with Gasteiger partial charge in [-0.05, 0) is 0 Å². The summed E-state index contributed by atoms with van der Waals surface area (Å²) in [5.74, 6) is 0. The van der Waals surface area contributed by atoms with Gasteiger partial charge in [0.05, 0.1) is 58.3 Å². The summed E-state index contributed by atoms with van der Waals surface area (Å²) in [7, 11) is 0.415. The van der Waals surface area contributed by atoms with E-state index in [2.05, 4.69) is 0 Å². The van der Waals surface area contributed by atoms with Gasteiger partial charge in [0.15, 0.2) is 13.6 Å². The van der Waals surface area contributed by atoms with Crippen LogP contribution in [0.15, 0.2) is 0 Å². The summed E-state index contributed by atoms with van der Waals surface area (Å²) in [5.41, 5.74) is -0.335. The fraction of sp³-hybridized carbons (Fsp3) is 1.00. The van der Waals surface area contributed by atoms with Crippen LogP contribution in [0.4, 0.5) is 0 Å². The van der Waals surface area contributed by atoms with Gasteiger partial charge in [-0.15, -0.1) is 0 Å². The first kappa shape index (κ1) is 21.8. The van der Waals surface area contributed by atoms with Gasteiger partial charge in [-0.2, -0.15) is 0 Å². The molecular weight excluding hydrogens is 378 g/mol. The van der Waals surface area contributed by atoms with Crippen LogP contribution in [-0.4, -0.2) is 80.7 Å². The Balaban J connectivity index is 1.53. The van der Waals surface area contributed by atoms with Crippen LogP contribution in [0.3, 0.4) is 0 Å². The molecule has 2 saturated heterocycles. The summed E-state index contributed by atoms with van der Waals surface area (Å²) in [6, 6.07) is 0. The second kappa shape index (κ2) is 12.8. The van der Waals surface area contributed by atoms with Crippen LogP contribution in [-0.2, 0) is 46.1 Å². The molecule has 2 fully saturated rings. The molecular formula is C13H26O10P2. The third-order valence-corrected chi connectivity index (χ3v) is 5.24. The van der Waals surface area contributed by atoms with E-state index in [-0.39, 0.29) is 19.0 Å². The molecule has 2 rings (SSSR count). The van der Waals surface area contributed by atoms with E-state index in [0.717, 1.165) is 0 Å². The van der Waals surface area contributed by atoms with Crippen molar-refractivity contribution in [3.8, 4) is 0 Å². The Kier molecular flexibility index (Phi) is 11.1. The molecule has 0 aliphatic carbocycles. The molecule has 0 bridgehead atoms. The lowest BCUT2D eigenvalue weighted by molar-refractivity contribution is -0.0958.